The van der Waals surface area contributed by atoms with Gasteiger partial charge in [-0.05, 0) is 52.5 Å². The highest BCUT2D eigenvalue weighted by Crippen LogP contribution is 2.36. The van der Waals surface area contributed by atoms with E-state index in [1.807, 2.05) is 27.7 Å². The number of sulfonamides is 1. The molecule has 7 nitrogen and oxygen atoms in total. The molecule has 0 atom stereocenters. The van der Waals surface area contributed by atoms with Crippen molar-refractivity contribution in [3.63, 3.8) is 0 Å². The van der Waals surface area contributed by atoms with Crippen molar-refractivity contribution in [1.29, 1.82) is 0 Å². The third-order valence-electron chi connectivity index (χ3n) is 5.11. The van der Waals surface area contributed by atoms with Gasteiger partial charge in [0.2, 0.25) is 15.9 Å². The molecule has 1 N–H and O–H groups in total. The van der Waals surface area contributed by atoms with Gasteiger partial charge in [0.05, 0.1) is 18.3 Å². The molecule has 0 aromatic carbocycles. The van der Waals surface area contributed by atoms with E-state index >= 15 is 0 Å². The van der Waals surface area contributed by atoms with E-state index in [4.69, 9.17) is 14.0 Å². The Balaban J connectivity index is 1.90. The molecule has 138 valence electrons. The van der Waals surface area contributed by atoms with Crippen molar-refractivity contribution in [3.05, 3.63) is 12.3 Å². The molecule has 0 unspecified atom stereocenters. The Labute approximate surface area is 149 Å². The number of ether oxygens (including phenoxy) is 1. The second-order valence-electron chi connectivity index (χ2n) is 7.66. The maximum absolute atomic E-state index is 12.7. The molecule has 2 aliphatic rings. The number of rotatable bonds is 6. The first kappa shape index (κ1) is 18.6. The molecule has 3 rings (SSSR count). The molecular formula is C16H25BN2O5S. The van der Waals surface area contributed by atoms with Gasteiger partial charge in [-0.2, -0.15) is 0 Å². The molecule has 25 heavy (non-hydrogen) atoms. The van der Waals surface area contributed by atoms with Crippen molar-refractivity contribution in [2.75, 3.05) is 13.7 Å². The van der Waals surface area contributed by atoms with Gasteiger partial charge >= 0.3 is 7.12 Å². The Morgan fingerprint density at radius 1 is 1.28 bits per heavy atom. The molecule has 1 saturated carbocycles. The normalized spacial score (nSPS) is 22.2. The minimum absolute atomic E-state index is 0.00265. The maximum Gasteiger partial charge on any atom is 0.496 e. The highest BCUT2D eigenvalue weighted by molar-refractivity contribution is 7.89. The fourth-order valence-electron chi connectivity index (χ4n) is 2.53. The van der Waals surface area contributed by atoms with Crippen molar-refractivity contribution < 1.29 is 22.5 Å². The Hall–Kier alpha value is -1.16. The molecule has 1 saturated heterocycles. The van der Waals surface area contributed by atoms with Crippen LogP contribution in [0.25, 0.3) is 0 Å². The number of nitrogens with zero attached hydrogens (tertiary/aromatic N) is 1. The van der Waals surface area contributed by atoms with Crippen molar-refractivity contribution in [2.24, 2.45) is 5.92 Å². The number of methoxy groups -OCH3 is 1. The Morgan fingerprint density at radius 3 is 2.40 bits per heavy atom. The summed E-state index contributed by atoms with van der Waals surface area (Å²) in [4.78, 5) is 4.15. The van der Waals surface area contributed by atoms with E-state index in [1.54, 1.807) is 0 Å². The summed E-state index contributed by atoms with van der Waals surface area (Å²) in [6, 6.07) is 1.52. The minimum Gasteiger partial charge on any atom is -0.480 e. The molecule has 2 fully saturated rings. The number of hydrogen-bond donors (Lipinski definition) is 1. The molecule has 1 aliphatic carbocycles. The van der Waals surface area contributed by atoms with Crippen molar-refractivity contribution >= 4 is 22.6 Å². The monoisotopic (exact) mass is 368 g/mol. The van der Waals surface area contributed by atoms with E-state index in [1.165, 1.54) is 19.4 Å². The van der Waals surface area contributed by atoms with Gasteiger partial charge in [0.15, 0.2) is 0 Å². The summed E-state index contributed by atoms with van der Waals surface area (Å²) < 4.78 is 45.0. The zero-order valence-corrected chi connectivity index (χ0v) is 16.1. The van der Waals surface area contributed by atoms with Crippen LogP contribution in [-0.2, 0) is 19.3 Å². The lowest BCUT2D eigenvalue weighted by molar-refractivity contribution is 0.00578. The molecule has 9 heteroatoms. The summed E-state index contributed by atoms with van der Waals surface area (Å²) in [5.41, 5.74) is -0.479. The lowest BCUT2D eigenvalue weighted by Gasteiger charge is -2.32. The summed E-state index contributed by atoms with van der Waals surface area (Å²) in [5.74, 6) is 0.489. The molecular weight excluding hydrogens is 343 g/mol. The molecule has 1 aliphatic heterocycles. The lowest BCUT2D eigenvalue weighted by Crippen LogP contribution is -2.41. The van der Waals surface area contributed by atoms with Gasteiger partial charge in [0, 0.05) is 18.2 Å². The standard InChI is InChI=1S/C16H25BN2O5S/c1-15(2)16(3,4)24-17(23-15)12-8-13(14(22-5)18-10-12)25(20,21)19-9-11-6-7-11/h8,10-11,19H,6-7,9H2,1-5H3. The summed E-state index contributed by atoms with van der Waals surface area (Å²) in [6.07, 6.45) is 3.65. The van der Waals surface area contributed by atoms with Crippen LogP contribution in [0.2, 0.25) is 0 Å². The van der Waals surface area contributed by atoms with E-state index in [2.05, 4.69) is 9.71 Å². The summed E-state index contributed by atoms with van der Waals surface area (Å²) in [5, 5.41) is 0. The Kier molecular flexibility index (Phi) is 4.64. The quantitative estimate of drug-likeness (QED) is 0.757. The summed E-state index contributed by atoms with van der Waals surface area (Å²) in [6.45, 7) is 8.21. The second-order valence-corrected chi connectivity index (χ2v) is 9.39. The van der Waals surface area contributed by atoms with Crippen LogP contribution in [0.3, 0.4) is 0 Å². The van der Waals surface area contributed by atoms with Crippen LogP contribution < -0.4 is 14.9 Å². The van der Waals surface area contributed by atoms with Crippen LogP contribution in [-0.4, -0.2) is 45.4 Å². The van der Waals surface area contributed by atoms with Crippen LogP contribution >= 0.6 is 0 Å². The number of pyridine rings is 1. The SMILES string of the molecule is COc1ncc(B2OC(C)(C)C(C)(C)O2)cc1S(=O)(=O)NCC1CC1. The molecule has 1 aromatic heterocycles. The van der Waals surface area contributed by atoms with Gasteiger partial charge in [-0.1, -0.05) is 0 Å². The fraction of sp³-hybridized carbons (Fsp3) is 0.688. The summed E-state index contributed by atoms with van der Waals surface area (Å²) in [7, 11) is -3.00. The molecule has 0 bridgehead atoms. The van der Waals surface area contributed by atoms with E-state index in [0.717, 1.165) is 12.8 Å². The number of nitrogens with one attached hydrogen (secondary N) is 1. The highest BCUT2D eigenvalue weighted by Gasteiger charge is 2.52. The molecule has 0 spiro atoms. The largest absolute Gasteiger partial charge is 0.496 e. The predicted octanol–water partition coefficient (Wildman–Crippen LogP) is 1.08. The zero-order chi connectivity index (χ0) is 18.5. The van der Waals surface area contributed by atoms with Crippen LogP contribution in [0, 0.1) is 5.92 Å². The predicted molar refractivity (Wildman–Crippen MR) is 94.4 cm³/mol. The zero-order valence-electron chi connectivity index (χ0n) is 15.3. The van der Waals surface area contributed by atoms with Gasteiger partial charge in [-0.3, -0.25) is 0 Å². The van der Waals surface area contributed by atoms with E-state index in [9.17, 15) is 8.42 Å². The van der Waals surface area contributed by atoms with Crippen molar-refractivity contribution in [2.45, 2.75) is 56.6 Å². The van der Waals surface area contributed by atoms with Gasteiger partial charge in [0.1, 0.15) is 4.90 Å². The van der Waals surface area contributed by atoms with Crippen molar-refractivity contribution in [3.8, 4) is 5.88 Å². The van der Waals surface area contributed by atoms with Crippen LogP contribution in [0.5, 0.6) is 5.88 Å². The third-order valence-corrected chi connectivity index (χ3v) is 6.52. The first-order valence-corrected chi connectivity index (χ1v) is 9.93. The average Bonchev–Trinajstić information content (AvgIpc) is 3.32. The first-order chi connectivity index (χ1) is 11.6. The third kappa shape index (κ3) is 3.69. The van der Waals surface area contributed by atoms with Gasteiger partial charge in [0.25, 0.3) is 0 Å². The summed E-state index contributed by atoms with van der Waals surface area (Å²) >= 11 is 0. The van der Waals surface area contributed by atoms with E-state index in [0.29, 0.717) is 17.9 Å². The van der Waals surface area contributed by atoms with Crippen LogP contribution in [0.4, 0.5) is 0 Å². The van der Waals surface area contributed by atoms with E-state index in [-0.39, 0.29) is 10.8 Å². The molecule has 2 heterocycles. The fourth-order valence-corrected chi connectivity index (χ4v) is 3.80. The molecule has 1 aromatic rings. The average molecular weight is 368 g/mol. The smallest absolute Gasteiger partial charge is 0.480 e. The maximum atomic E-state index is 12.7. The molecule has 0 amide bonds. The number of aromatic nitrogens is 1. The lowest BCUT2D eigenvalue weighted by atomic mass is 9.80. The Morgan fingerprint density at radius 2 is 1.88 bits per heavy atom. The number of hydrogen-bond acceptors (Lipinski definition) is 6. The Bertz CT molecular complexity index is 746. The molecule has 0 radical (unpaired) electrons. The van der Waals surface area contributed by atoms with Gasteiger partial charge in [-0.15, -0.1) is 0 Å². The topological polar surface area (TPSA) is 86.8 Å². The van der Waals surface area contributed by atoms with Crippen LogP contribution in [0.1, 0.15) is 40.5 Å². The van der Waals surface area contributed by atoms with Crippen molar-refractivity contribution in [1.82, 2.24) is 9.71 Å². The highest BCUT2D eigenvalue weighted by atomic mass is 32.2. The second kappa shape index (κ2) is 6.23. The van der Waals surface area contributed by atoms with E-state index < -0.39 is 28.3 Å². The van der Waals surface area contributed by atoms with Crippen LogP contribution in [0.15, 0.2) is 17.2 Å². The minimum atomic E-state index is -3.72. The van der Waals surface area contributed by atoms with Gasteiger partial charge in [-0.25, -0.2) is 18.1 Å². The first-order valence-electron chi connectivity index (χ1n) is 8.45. The van der Waals surface area contributed by atoms with Gasteiger partial charge < -0.3 is 14.0 Å².